The minimum absolute atomic E-state index is 0.198. The molecule has 0 fully saturated rings. The van der Waals surface area contributed by atoms with Gasteiger partial charge in [-0.15, -0.1) is 0 Å². The number of para-hydroxylation sites is 1. The molecule has 0 radical (unpaired) electrons. The predicted molar refractivity (Wildman–Crippen MR) is 133 cm³/mol. The van der Waals surface area contributed by atoms with Crippen LogP contribution >= 0.6 is 11.6 Å². The fourth-order valence-corrected chi connectivity index (χ4v) is 3.88. The van der Waals surface area contributed by atoms with Crippen LogP contribution in [0.2, 0.25) is 5.02 Å². The van der Waals surface area contributed by atoms with Crippen molar-refractivity contribution in [1.29, 1.82) is 0 Å². The first-order valence-corrected chi connectivity index (χ1v) is 10.8. The quantitative estimate of drug-likeness (QED) is 0.301. The smallest absolute Gasteiger partial charge is 0.271 e. The van der Waals surface area contributed by atoms with E-state index in [1.807, 2.05) is 49.4 Å². The molecule has 0 atom stereocenters. The van der Waals surface area contributed by atoms with Gasteiger partial charge in [-0.1, -0.05) is 48.0 Å². The second-order valence-corrected chi connectivity index (χ2v) is 8.13. The highest BCUT2D eigenvalue weighted by molar-refractivity contribution is 6.30. The number of fused-ring (bicyclic) bond motifs is 1. The molecule has 7 heteroatoms. The van der Waals surface area contributed by atoms with Gasteiger partial charge in [0, 0.05) is 51.9 Å². The highest BCUT2D eigenvalue weighted by Gasteiger charge is 2.13. The zero-order valence-electron chi connectivity index (χ0n) is 18.3. The van der Waals surface area contributed by atoms with E-state index in [2.05, 4.69) is 26.5 Å². The van der Waals surface area contributed by atoms with Gasteiger partial charge < -0.3 is 9.88 Å². The van der Waals surface area contributed by atoms with E-state index in [1.165, 1.54) is 6.92 Å². The molecule has 166 valence electrons. The Morgan fingerprint density at radius 1 is 1.03 bits per heavy atom. The van der Waals surface area contributed by atoms with Gasteiger partial charge in [-0.05, 0) is 48.9 Å². The van der Waals surface area contributed by atoms with Crippen molar-refractivity contribution in [3.05, 3.63) is 100 Å². The van der Waals surface area contributed by atoms with E-state index in [1.54, 1.807) is 30.5 Å². The molecule has 0 aliphatic rings. The monoisotopic (exact) mass is 458 g/mol. The van der Waals surface area contributed by atoms with E-state index in [4.69, 9.17) is 11.6 Å². The Bertz CT molecular complexity index is 1360. The van der Waals surface area contributed by atoms with Crippen molar-refractivity contribution in [3.63, 3.8) is 0 Å². The Hall–Kier alpha value is -3.90. The molecule has 1 aromatic heterocycles. The summed E-state index contributed by atoms with van der Waals surface area (Å²) in [4.78, 5) is 23.8. The van der Waals surface area contributed by atoms with Gasteiger partial charge in [0.1, 0.15) is 0 Å². The summed E-state index contributed by atoms with van der Waals surface area (Å²) in [7, 11) is 0. The number of rotatable bonds is 6. The zero-order chi connectivity index (χ0) is 23.4. The maximum atomic E-state index is 12.5. The van der Waals surface area contributed by atoms with E-state index < -0.39 is 0 Å². The number of carbonyl (C=O) groups is 2. The topological polar surface area (TPSA) is 75.5 Å². The van der Waals surface area contributed by atoms with Crippen LogP contribution in [0.1, 0.15) is 34.1 Å². The van der Waals surface area contributed by atoms with Gasteiger partial charge in [0.05, 0.1) is 6.21 Å². The number of carbonyl (C=O) groups excluding carboxylic acids is 2. The maximum Gasteiger partial charge on any atom is 0.271 e. The third kappa shape index (κ3) is 5.13. The summed E-state index contributed by atoms with van der Waals surface area (Å²) in [5.74, 6) is -0.558. The molecule has 1 heterocycles. The van der Waals surface area contributed by atoms with Crippen LogP contribution in [0.15, 0.2) is 77.9 Å². The van der Waals surface area contributed by atoms with Crippen LogP contribution in [0, 0.1) is 6.92 Å². The first-order valence-electron chi connectivity index (χ1n) is 10.5. The number of hydrazone groups is 1. The number of amides is 2. The van der Waals surface area contributed by atoms with Gasteiger partial charge in [-0.25, -0.2) is 5.43 Å². The van der Waals surface area contributed by atoms with E-state index in [-0.39, 0.29) is 11.8 Å². The lowest BCUT2D eigenvalue weighted by atomic mass is 10.1. The molecule has 33 heavy (non-hydrogen) atoms. The highest BCUT2D eigenvalue weighted by Crippen LogP contribution is 2.26. The minimum Gasteiger partial charge on any atom is -0.340 e. The van der Waals surface area contributed by atoms with Crippen molar-refractivity contribution in [3.8, 4) is 0 Å². The van der Waals surface area contributed by atoms with Crippen LogP contribution < -0.4 is 10.7 Å². The van der Waals surface area contributed by atoms with Crippen molar-refractivity contribution in [2.75, 3.05) is 5.32 Å². The molecule has 0 unspecified atom stereocenters. The van der Waals surface area contributed by atoms with E-state index in [9.17, 15) is 9.59 Å². The van der Waals surface area contributed by atoms with Crippen molar-refractivity contribution in [1.82, 2.24) is 9.99 Å². The molecule has 0 spiro atoms. The zero-order valence-corrected chi connectivity index (χ0v) is 19.1. The number of nitrogens with one attached hydrogen (secondary N) is 2. The SMILES string of the molecule is CC(=O)Nc1cccc(C(=O)N/N=C\c2c(C)n(Cc3ccc(Cl)cc3)c3ccccc23)c1. The molecule has 0 saturated heterocycles. The molecular weight excluding hydrogens is 436 g/mol. The number of hydrogen-bond acceptors (Lipinski definition) is 3. The lowest BCUT2D eigenvalue weighted by Gasteiger charge is -2.09. The minimum atomic E-state index is -0.360. The maximum absolute atomic E-state index is 12.5. The lowest BCUT2D eigenvalue weighted by molar-refractivity contribution is -0.114. The van der Waals surface area contributed by atoms with Crippen molar-refractivity contribution >= 4 is 46.2 Å². The van der Waals surface area contributed by atoms with Gasteiger partial charge in [0.25, 0.3) is 5.91 Å². The molecule has 4 rings (SSSR count). The molecule has 6 nitrogen and oxygen atoms in total. The summed E-state index contributed by atoms with van der Waals surface area (Å²) in [6.45, 7) is 4.15. The van der Waals surface area contributed by atoms with Gasteiger partial charge in [-0.3, -0.25) is 9.59 Å². The summed E-state index contributed by atoms with van der Waals surface area (Å²) in [6.07, 6.45) is 1.67. The summed E-state index contributed by atoms with van der Waals surface area (Å²) in [5.41, 5.74) is 7.74. The Balaban J connectivity index is 1.57. The summed E-state index contributed by atoms with van der Waals surface area (Å²) >= 11 is 6.03. The van der Waals surface area contributed by atoms with Gasteiger partial charge in [0.15, 0.2) is 0 Å². The average Bonchev–Trinajstić information content (AvgIpc) is 3.06. The molecular formula is C26H23ClN4O2. The third-order valence-electron chi connectivity index (χ3n) is 5.34. The van der Waals surface area contributed by atoms with Crippen LogP contribution in [0.4, 0.5) is 5.69 Å². The number of nitrogens with zero attached hydrogens (tertiary/aromatic N) is 2. The Labute approximate surface area is 196 Å². The largest absolute Gasteiger partial charge is 0.340 e. The molecule has 2 N–H and O–H groups in total. The number of hydrogen-bond donors (Lipinski definition) is 2. The van der Waals surface area contributed by atoms with E-state index >= 15 is 0 Å². The van der Waals surface area contributed by atoms with E-state index in [0.29, 0.717) is 22.8 Å². The predicted octanol–water partition coefficient (Wildman–Crippen LogP) is 5.37. The standard InChI is InChI=1S/C26H23ClN4O2/c1-17-24(15-28-30-26(33)20-6-5-7-22(14-20)29-18(2)32)23-8-3-4-9-25(23)31(17)16-19-10-12-21(27)13-11-19/h3-15H,16H2,1-2H3,(H,29,32)(H,30,33)/b28-15-. The van der Waals surface area contributed by atoms with Crippen LogP contribution in [0.25, 0.3) is 10.9 Å². The Morgan fingerprint density at radius 2 is 1.79 bits per heavy atom. The third-order valence-corrected chi connectivity index (χ3v) is 5.59. The molecule has 0 bridgehead atoms. The van der Waals surface area contributed by atoms with Gasteiger partial charge in [0.2, 0.25) is 5.91 Å². The molecule has 2 amide bonds. The normalized spacial score (nSPS) is 11.1. The summed E-state index contributed by atoms with van der Waals surface area (Å²) in [6, 6.07) is 22.6. The molecule has 0 aliphatic heterocycles. The second-order valence-electron chi connectivity index (χ2n) is 7.69. The first kappa shape index (κ1) is 22.3. The Kier molecular flexibility index (Phi) is 6.56. The molecule has 4 aromatic rings. The lowest BCUT2D eigenvalue weighted by Crippen LogP contribution is -2.18. The van der Waals surface area contributed by atoms with Crippen molar-refractivity contribution < 1.29 is 9.59 Å². The number of halogens is 1. The molecule has 0 saturated carbocycles. The van der Waals surface area contributed by atoms with Crippen LogP contribution in [-0.2, 0) is 11.3 Å². The second kappa shape index (κ2) is 9.71. The number of aromatic nitrogens is 1. The van der Waals surface area contributed by atoms with E-state index in [0.717, 1.165) is 27.7 Å². The molecule has 0 aliphatic carbocycles. The molecule has 3 aromatic carbocycles. The van der Waals surface area contributed by atoms with Crippen molar-refractivity contribution in [2.24, 2.45) is 5.10 Å². The first-order chi connectivity index (χ1) is 15.9. The average molecular weight is 459 g/mol. The van der Waals surface area contributed by atoms with Crippen LogP contribution in [0.5, 0.6) is 0 Å². The highest BCUT2D eigenvalue weighted by atomic mass is 35.5. The van der Waals surface area contributed by atoms with Crippen LogP contribution in [0.3, 0.4) is 0 Å². The number of benzene rings is 3. The summed E-state index contributed by atoms with van der Waals surface area (Å²) in [5, 5.41) is 8.63. The fourth-order valence-electron chi connectivity index (χ4n) is 3.76. The summed E-state index contributed by atoms with van der Waals surface area (Å²) < 4.78 is 2.22. The van der Waals surface area contributed by atoms with Gasteiger partial charge >= 0.3 is 0 Å². The van der Waals surface area contributed by atoms with Crippen molar-refractivity contribution in [2.45, 2.75) is 20.4 Å². The van der Waals surface area contributed by atoms with Crippen LogP contribution in [-0.4, -0.2) is 22.6 Å². The number of anilines is 1. The Morgan fingerprint density at radius 3 is 2.55 bits per heavy atom. The van der Waals surface area contributed by atoms with Gasteiger partial charge in [-0.2, -0.15) is 5.10 Å². The fraction of sp³-hybridized carbons (Fsp3) is 0.115.